The van der Waals surface area contributed by atoms with Gasteiger partial charge in [0.25, 0.3) is 0 Å². The summed E-state index contributed by atoms with van der Waals surface area (Å²) in [7, 11) is 0. The predicted octanol–water partition coefficient (Wildman–Crippen LogP) is 1.93. The van der Waals surface area contributed by atoms with Gasteiger partial charge in [-0.2, -0.15) is 0 Å². The first-order chi connectivity index (χ1) is 9.93. The van der Waals surface area contributed by atoms with Gasteiger partial charge in [-0.1, -0.05) is 18.2 Å². The average molecular weight is 272 g/mol. The van der Waals surface area contributed by atoms with Crippen molar-refractivity contribution in [3.8, 4) is 5.69 Å². The van der Waals surface area contributed by atoms with E-state index in [0.717, 1.165) is 31.1 Å². The highest BCUT2D eigenvalue weighted by Crippen LogP contribution is 2.12. The summed E-state index contributed by atoms with van der Waals surface area (Å²) in [6.45, 7) is 2.48. The molecule has 0 radical (unpaired) electrons. The van der Waals surface area contributed by atoms with Crippen LogP contribution < -0.4 is 5.32 Å². The topological polar surface area (TPSA) is 52.0 Å². The van der Waals surface area contributed by atoms with Gasteiger partial charge in [0, 0.05) is 18.8 Å². The number of nitrogens with zero attached hydrogens (tertiary/aromatic N) is 3. The lowest BCUT2D eigenvalue weighted by atomic mass is 10.1. The van der Waals surface area contributed by atoms with Crippen LogP contribution in [0.25, 0.3) is 5.69 Å². The number of para-hydroxylation sites is 1. The molecule has 0 aliphatic carbocycles. The monoisotopic (exact) mass is 272 g/mol. The minimum Gasteiger partial charge on any atom is -0.377 e. The molecule has 0 saturated carbocycles. The third-order valence-corrected chi connectivity index (χ3v) is 3.58. The lowest BCUT2D eigenvalue weighted by molar-refractivity contribution is 0.0167. The quantitative estimate of drug-likeness (QED) is 0.903. The Morgan fingerprint density at radius 1 is 1.25 bits per heavy atom. The van der Waals surface area contributed by atoms with Gasteiger partial charge in [0.1, 0.15) is 6.33 Å². The van der Waals surface area contributed by atoms with Gasteiger partial charge in [0.05, 0.1) is 12.6 Å². The zero-order valence-electron chi connectivity index (χ0n) is 11.5. The first kappa shape index (κ1) is 13.3. The van der Waals surface area contributed by atoms with Crippen LogP contribution in [0, 0.1) is 0 Å². The highest BCUT2D eigenvalue weighted by atomic mass is 16.5. The molecule has 1 fully saturated rings. The Labute approximate surface area is 119 Å². The zero-order valence-corrected chi connectivity index (χ0v) is 11.5. The van der Waals surface area contributed by atoms with Crippen molar-refractivity contribution >= 4 is 0 Å². The molecule has 1 saturated heterocycles. The molecule has 2 aromatic rings. The Balaban J connectivity index is 1.57. The fourth-order valence-corrected chi connectivity index (χ4v) is 2.50. The van der Waals surface area contributed by atoms with E-state index in [1.54, 1.807) is 6.33 Å². The molecule has 1 unspecified atom stereocenters. The van der Waals surface area contributed by atoms with E-state index in [1.165, 1.54) is 12.8 Å². The molecule has 1 aromatic heterocycles. The maximum absolute atomic E-state index is 5.71. The Morgan fingerprint density at radius 2 is 2.15 bits per heavy atom. The van der Waals surface area contributed by atoms with Crippen LogP contribution >= 0.6 is 0 Å². The molecule has 0 spiro atoms. The summed E-state index contributed by atoms with van der Waals surface area (Å²) >= 11 is 0. The number of rotatable bonds is 5. The van der Waals surface area contributed by atoms with E-state index in [4.69, 9.17) is 4.74 Å². The third kappa shape index (κ3) is 3.23. The van der Waals surface area contributed by atoms with Crippen LogP contribution in [0.15, 0.2) is 36.7 Å². The summed E-state index contributed by atoms with van der Waals surface area (Å²) < 4.78 is 7.72. The van der Waals surface area contributed by atoms with Crippen LogP contribution in [0.1, 0.15) is 25.1 Å². The van der Waals surface area contributed by atoms with Crippen molar-refractivity contribution in [3.05, 3.63) is 42.5 Å². The van der Waals surface area contributed by atoms with Crippen LogP contribution in [-0.4, -0.2) is 34.0 Å². The number of benzene rings is 1. The Bertz CT molecular complexity index is 520. The molecule has 1 aliphatic rings. The number of hydrogen-bond donors (Lipinski definition) is 1. The second-order valence-corrected chi connectivity index (χ2v) is 5.07. The molecular weight excluding hydrogens is 252 g/mol. The van der Waals surface area contributed by atoms with Crippen molar-refractivity contribution in [2.45, 2.75) is 31.9 Å². The van der Waals surface area contributed by atoms with Crippen molar-refractivity contribution in [3.63, 3.8) is 0 Å². The molecule has 0 bridgehead atoms. The number of ether oxygens (including phenoxy) is 1. The fourth-order valence-electron chi connectivity index (χ4n) is 2.50. The molecule has 2 heterocycles. The maximum Gasteiger partial charge on any atom is 0.151 e. The number of hydrogen-bond acceptors (Lipinski definition) is 4. The lowest BCUT2D eigenvalue weighted by Gasteiger charge is -2.22. The van der Waals surface area contributed by atoms with Crippen LogP contribution in [0.2, 0.25) is 0 Å². The van der Waals surface area contributed by atoms with E-state index in [9.17, 15) is 0 Å². The molecule has 5 nitrogen and oxygen atoms in total. The first-order valence-corrected chi connectivity index (χ1v) is 7.20. The largest absolute Gasteiger partial charge is 0.377 e. The summed E-state index contributed by atoms with van der Waals surface area (Å²) in [5.41, 5.74) is 1.09. The minimum atomic E-state index is 0.344. The smallest absolute Gasteiger partial charge is 0.151 e. The van der Waals surface area contributed by atoms with Crippen LogP contribution in [-0.2, 0) is 11.3 Å². The summed E-state index contributed by atoms with van der Waals surface area (Å²) in [6, 6.07) is 10.1. The van der Waals surface area contributed by atoms with E-state index >= 15 is 0 Å². The van der Waals surface area contributed by atoms with E-state index in [1.807, 2.05) is 22.8 Å². The third-order valence-electron chi connectivity index (χ3n) is 3.58. The van der Waals surface area contributed by atoms with Gasteiger partial charge >= 0.3 is 0 Å². The number of nitrogens with one attached hydrogen (secondary N) is 1. The van der Waals surface area contributed by atoms with E-state index in [2.05, 4.69) is 27.6 Å². The molecule has 1 aliphatic heterocycles. The van der Waals surface area contributed by atoms with E-state index in [-0.39, 0.29) is 0 Å². The Kier molecular flexibility index (Phi) is 4.40. The van der Waals surface area contributed by atoms with Crippen LogP contribution in [0.4, 0.5) is 0 Å². The maximum atomic E-state index is 5.71. The minimum absolute atomic E-state index is 0.344. The molecule has 0 amide bonds. The van der Waals surface area contributed by atoms with Gasteiger partial charge in [-0.25, -0.2) is 0 Å². The van der Waals surface area contributed by atoms with Gasteiger partial charge in [0.2, 0.25) is 0 Å². The molecule has 1 aromatic carbocycles. The summed E-state index contributed by atoms with van der Waals surface area (Å²) in [5, 5.41) is 11.6. The SMILES string of the molecule is c1ccc(-n2cnnc2CNCC2CCCCO2)cc1. The van der Waals surface area contributed by atoms with Gasteiger partial charge < -0.3 is 10.1 Å². The van der Waals surface area contributed by atoms with Crippen molar-refractivity contribution in [1.82, 2.24) is 20.1 Å². The van der Waals surface area contributed by atoms with Crippen molar-refractivity contribution in [2.24, 2.45) is 0 Å². The second kappa shape index (κ2) is 6.63. The van der Waals surface area contributed by atoms with Crippen molar-refractivity contribution in [2.75, 3.05) is 13.2 Å². The van der Waals surface area contributed by atoms with E-state index < -0.39 is 0 Å². The summed E-state index contributed by atoms with van der Waals surface area (Å²) in [4.78, 5) is 0. The molecule has 106 valence electrons. The van der Waals surface area contributed by atoms with Crippen LogP contribution in [0.3, 0.4) is 0 Å². The average Bonchev–Trinajstić information content (AvgIpc) is 2.98. The zero-order chi connectivity index (χ0) is 13.6. The highest BCUT2D eigenvalue weighted by molar-refractivity contribution is 5.31. The van der Waals surface area contributed by atoms with Crippen LogP contribution in [0.5, 0.6) is 0 Å². The first-order valence-electron chi connectivity index (χ1n) is 7.20. The number of aromatic nitrogens is 3. The van der Waals surface area contributed by atoms with Gasteiger partial charge in [-0.15, -0.1) is 10.2 Å². The molecule has 3 rings (SSSR count). The lowest BCUT2D eigenvalue weighted by Crippen LogP contribution is -2.32. The molecule has 20 heavy (non-hydrogen) atoms. The van der Waals surface area contributed by atoms with Gasteiger partial charge in [0.15, 0.2) is 5.82 Å². The molecule has 1 atom stereocenters. The molecular formula is C15H20N4O. The Morgan fingerprint density at radius 3 is 2.95 bits per heavy atom. The predicted molar refractivity (Wildman–Crippen MR) is 76.7 cm³/mol. The molecule has 5 heteroatoms. The van der Waals surface area contributed by atoms with Crippen molar-refractivity contribution < 1.29 is 4.74 Å². The standard InChI is InChI=1S/C15H20N4O/c1-2-6-13(7-3-1)19-12-17-18-15(19)11-16-10-14-8-4-5-9-20-14/h1-3,6-7,12,14,16H,4-5,8-11H2. The van der Waals surface area contributed by atoms with Crippen molar-refractivity contribution in [1.29, 1.82) is 0 Å². The normalized spacial score (nSPS) is 19.1. The molecule has 1 N–H and O–H groups in total. The van der Waals surface area contributed by atoms with E-state index in [0.29, 0.717) is 12.6 Å². The Hall–Kier alpha value is -1.72. The van der Waals surface area contributed by atoms with Gasteiger partial charge in [-0.05, 0) is 31.4 Å². The fraction of sp³-hybridized carbons (Fsp3) is 0.467. The summed E-state index contributed by atoms with van der Waals surface area (Å²) in [6.07, 6.45) is 5.71. The second-order valence-electron chi connectivity index (χ2n) is 5.07. The van der Waals surface area contributed by atoms with Gasteiger partial charge in [-0.3, -0.25) is 4.57 Å². The summed E-state index contributed by atoms with van der Waals surface area (Å²) in [5.74, 6) is 0.923. The highest BCUT2D eigenvalue weighted by Gasteiger charge is 2.13.